The fourth-order valence-corrected chi connectivity index (χ4v) is 1.31. The van der Waals surface area contributed by atoms with Crippen LogP contribution in [0.25, 0.3) is 0 Å². The molecule has 0 aliphatic carbocycles. The molecule has 0 saturated heterocycles. The average molecular weight is 227 g/mol. The summed E-state index contributed by atoms with van der Waals surface area (Å²) in [6, 6.07) is 4.32. The van der Waals surface area contributed by atoms with Gasteiger partial charge >= 0.3 is 0 Å². The van der Waals surface area contributed by atoms with E-state index < -0.39 is 5.60 Å². The standard InChI is InChI=1S/C12H18FNO2/c1-12(2,15)6-7-14-10-5-4-9(13)8-11(10)16-3/h4-5,8,14-15H,6-7H2,1-3H3. The highest BCUT2D eigenvalue weighted by Gasteiger charge is 2.12. The molecule has 0 unspecified atom stereocenters. The van der Waals surface area contributed by atoms with E-state index in [0.29, 0.717) is 18.7 Å². The van der Waals surface area contributed by atoms with Gasteiger partial charge in [0.25, 0.3) is 0 Å². The van der Waals surface area contributed by atoms with Crippen molar-refractivity contribution in [3.8, 4) is 5.75 Å². The summed E-state index contributed by atoms with van der Waals surface area (Å²) in [7, 11) is 1.50. The minimum Gasteiger partial charge on any atom is -0.494 e. The van der Waals surface area contributed by atoms with E-state index in [1.807, 2.05) is 0 Å². The molecule has 90 valence electrons. The average Bonchev–Trinajstić information content (AvgIpc) is 2.18. The summed E-state index contributed by atoms with van der Waals surface area (Å²) in [6.45, 7) is 4.10. The van der Waals surface area contributed by atoms with Crippen molar-refractivity contribution < 1.29 is 14.2 Å². The summed E-state index contributed by atoms with van der Waals surface area (Å²) in [5, 5.41) is 12.6. The molecule has 2 N–H and O–H groups in total. The Morgan fingerprint density at radius 2 is 2.12 bits per heavy atom. The van der Waals surface area contributed by atoms with Crippen molar-refractivity contribution in [3.05, 3.63) is 24.0 Å². The first-order valence-electron chi connectivity index (χ1n) is 5.22. The zero-order chi connectivity index (χ0) is 12.2. The molecule has 1 aromatic carbocycles. The lowest BCUT2D eigenvalue weighted by Gasteiger charge is -2.18. The molecule has 0 fully saturated rings. The predicted octanol–water partition coefficient (Wildman–Crippen LogP) is 2.41. The van der Waals surface area contributed by atoms with Crippen LogP contribution in [0.4, 0.5) is 10.1 Å². The molecular formula is C12H18FNO2. The molecule has 0 aromatic heterocycles. The predicted molar refractivity (Wildman–Crippen MR) is 62.4 cm³/mol. The molecule has 0 heterocycles. The number of rotatable bonds is 5. The topological polar surface area (TPSA) is 41.5 Å². The SMILES string of the molecule is COc1cc(F)ccc1NCCC(C)(C)O. The quantitative estimate of drug-likeness (QED) is 0.811. The molecule has 4 heteroatoms. The first kappa shape index (κ1) is 12.8. The van der Waals surface area contributed by atoms with E-state index in [-0.39, 0.29) is 5.82 Å². The number of methoxy groups -OCH3 is 1. The van der Waals surface area contributed by atoms with Crippen molar-refractivity contribution in [2.24, 2.45) is 0 Å². The van der Waals surface area contributed by atoms with Gasteiger partial charge in [-0.25, -0.2) is 4.39 Å². The molecule has 1 aromatic rings. The van der Waals surface area contributed by atoms with Gasteiger partial charge in [0.15, 0.2) is 0 Å². The molecule has 0 aliphatic rings. The molecule has 0 aliphatic heterocycles. The zero-order valence-electron chi connectivity index (χ0n) is 9.88. The second-order valence-electron chi connectivity index (χ2n) is 4.33. The van der Waals surface area contributed by atoms with Gasteiger partial charge in [-0.3, -0.25) is 0 Å². The Morgan fingerprint density at radius 3 is 2.69 bits per heavy atom. The molecule has 1 rings (SSSR count). The second kappa shape index (κ2) is 5.16. The molecule has 3 nitrogen and oxygen atoms in total. The van der Waals surface area contributed by atoms with Gasteiger partial charge in [-0.05, 0) is 32.4 Å². The van der Waals surface area contributed by atoms with Crippen LogP contribution in [0.3, 0.4) is 0 Å². The lowest BCUT2D eigenvalue weighted by Crippen LogP contribution is -2.22. The van der Waals surface area contributed by atoms with Crippen molar-refractivity contribution in [2.45, 2.75) is 25.9 Å². The van der Waals surface area contributed by atoms with Crippen LogP contribution in [0.15, 0.2) is 18.2 Å². The molecular weight excluding hydrogens is 209 g/mol. The third kappa shape index (κ3) is 4.06. The largest absolute Gasteiger partial charge is 0.494 e. The number of aliphatic hydroxyl groups is 1. The maximum absolute atomic E-state index is 12.9. The van der Waals surface area contributed by atoms with Crippen LogP contribution in [0.1, 0.15) is 20.3 Å². The Bertz CT molecular complexity index is 347. The van der Waals surface area contributed by atoms with Gasteiger partial charge in [0.1, 0.15) is 11.6 Å². The number of halogens is 1. The Kier molecular flexibility index (Phi) is 4.12. The fourth-order valence-electron chi connectivity index (χ4n) is 1.31. The van der Waals surface area contributed by atoms with E-state index in [9.17, 15) is 9.50 Å². The third-order valence-electron chi connectivity index (χ3n) is 2.22. The summed E-state index contributed by atoms with van der Waals surface area (Å²) in [4.78, 5) is 0. The fraction of sp³-hybridized carbons (Fsp3) is 0.500. The molecule has 0 atom stereocenters. The Balaban J connectivity index is 2.60. The highest BCUT2D eigenvalue weighted by Crippen LogP contribution is 2.25. The maximum Gasteiger partial charge on any atom is 0.144 e. The Labute approximate surface area is 95.2 Å². The number of benzene rings is 1. The van der Waals surface area contributed by atoms with Gasteiger partial charge < -0.3 is 15.2 Å². The van der Waals surface area contributed by atoms with E-state index >= 15 is 0 Å². The first-order chi connectivity index (χ1) is 7.42. The minimum atomic E-state index is -0.708. The van der Waals surface area contributed by atoms with E-state index in [0.717, 1.165) is 5.69 Å². The van der Waals surface area contributed by atoms with Crippen molar-refractivity contribution in [2.75, 3.05) is 19.0 Å². The number of hydrogen-bond donors (Lipinski definition) is 2. The number of hydrogen-bond acceptors (Lipinski definition) is 3. The number of nitrogens with one attached hydrogen (secondary N) is 1. The van der Waals surface area contributed by atoms with E-state index in [1.54, 1.807) is 19.9 Å². The summed E-state index contributed by atoms with van der Waals surface area (Å²) in [6.07, 6.45) is 0.605. The third-order valence-corrected chi connectivity index (χ3v) is 2.22. The smallest absolute Gasteiger partial charge is 0.144 e. The van der Waals surface area contributed by atoms with Gasteiger partial charge in [0.05, 0.1) is 18.4 Å². The van der Waals surface area contributed by atoms with Crippen LogP contribution in [0, 0.1) is 5.82 Å². The van der Waals surface area contributed by atoms with Crippen LogP contribution in [-0.2, 0) is 0 Å². The van der Waals surface area contributed by atoms with E-state index in [1.165, 1.54) is 19.2 Å². The van der Waals surface area contributed by atoms with Crippen molar-refractivity contribution in [3.63, 3.8) is 0 Å². The summed E-state index contributed by atoms with van der Waals surface area (Å²) in [5.41, 5.74) is 0.0217. The summed E-state index contributed by atoms with van der Waals surface area (Å²) >= 11 is 0. The lowest BCUT2D eigenvalue weighted by atomic mass is 10.1. The van der Waals surface area contributed by atoms with Crippen LogP contribution in [-0.4, -0.2) is 24.4 Å². The monoisotopic (exact) mass is 227 g/mol. The van der Waals surface area contributed by atoms with Crippen LogP contribution >= 0.6 is 0 Å². The van der Waals surface area contributed by atoms with Gasteiger partial charge in [-0.1, -0.05) is 0 Å². The Hall–Kier alpha value is -1.29. The van der Waals surface area contributed by atoms with E-state index in [2.05, 4.69) is 5.32 Å². The van der Waals surface area contributed by atoms with Crippen LogP contribution in [0.5, 0.6) is 5.75 Å². The molecule has 0 saturated carbocycles. The summed E-state index contributed by atoms with van der Waals surface area (Å²) in [5.74, 6) is 0.139. The molecule has 0 amide bonds. The molecule has 0 radical (unpaired) electrons. The highest BCUT2D eigenvalue weighted by atomic mass is 19.1. The van der Waals surface area contributed by atoms with Gasteiger partial charge in [0.2, 0.25) is 0 Å². The highest BCUT2D eigenvalue weighted by molar-refractivity contribution is 5.56. The number of anilines is 1. The van der Waals surface area contributed by atoms with Gasteiger partial charge in [0, 0.05) is 12.6 Å². The molecule has 0 spiro atoms. The van der Waals surface area contributed by atoms with Crippen molar-refractivity contribution in [1.29, 1.82) is 0 Å². The molecule has 0 bridgehead atoms. The summed E-state index contributed by atoms with van der Waals surface area (Å²) < 4.78 is 17.9. The van der Waals surface area contributed by atoms with E-state index in [4.69, 9.17) is 4.74 Å². The first-order valence-corrected chi connectivity index (χ1v) is 5.22. The van der Waals surface area contributed by atoms with Gasteiger partial charge in [-0.2, -0.15) is 0 Å². The van der Waals surface area contributed by atoms with Crippen LogP contribution < -0.4 is 10.1 Å². The number of ether oxygens (including phenoxy) is 1. The van der Waals surface area contributed by atoms with Crippen molar-refractivity contribution >= 4 is 5.69 Å². The maximum atomic E-state index is 12.9. The van der Waals surface area contributed by atoms with Gasteiger partial charge in [-0.15, -0.1) is 0 Å². The minimum absolute atomic E-state index is 0.329. The Morgan fingerprint density at radius 1 is 1.44 bits per heavy atom. The zero-order valence-corrected chi connectivity index (χ0v) is 9.88. The lowest BCUT2D eigenvalue weighted by molar-refractivity contribution is 0.0748. The molecule has 16 heavy (non-hydrogen) atoms. The normalized spacial score (nSPS) is 11.3. The van der Waals surface area contributed by atoms with Crippen LogP contribution in [0.2, 0.25) is 0 Å². The van der Waals surface area contributed by atoms with Crippen molar-refractivity contribution in [1.82, 2.24) is 0 Å². The second-order valence-corrected chi connectivity index (χ2v) is 4.33.